The van der Waals surface area contributed by atoms with Gasteiger partial charge in [0.2, 0.25) is 0 Å². The van der Waals surface area contributed by atoms with Gasteiger partial charge in [-0.05, 0) is 50.5 Å². The number of benzene rings is 1. The fourth-order valence-electron chi connectivity index (χ4n) is 3.18. The molecule has 1 aromatic carbocycles. The molecule has 7 nitrogen and oxygen atoms in total. The number of guanidine groups is 1. The van der Waals surface area contributed by atoms with Crippen LogP contribution < -0.4 is 14.8 Å². The number of halogens is 1. The molecule has 29 heavy (non-hydrogen) atoms. The van der Waals surface area contributed by atoms with Gasteiger partial charge in [0.25, 0.3) is 0 Å². The van der Waals surface area contributed by atoms with Crippen LogP contribution in [0.5, 0.6) is 11.5 Å². The lowest BCUT2D eigenvalue weighted by molar-refractivity contribution is 0.00984. The summed E-state index contributed by atoms with van der Waals surface area (Å²) >= 11 is 0. The maximum absolute atomic E-state index is 5.96. The number of nitrogens with zero attached hydrogens (tertiary/aromatic N) is 2. The second kappa shape index (κ2) is 14.7. The summed E-state index contributed by atoms with van der Waals surface area (Å²) in [6.07, 6.45) is 3.35. The van der Waals surface area contributed by atoms with Crippen molar-refractivity contribution in [3.63, 3.8) is 0 Å². The molecule has 0 saturated carbocycles. The maximum Gasteiger partial charge on any atom is 0.193 e. The summed E-state index contributed by atoms with van der Waals surface area (Å²) in [5, 5.41) is 3.43. The Balaban J connectivity index is 0.00000420. The first-order valence-corrected chi connectivity index (χ1v) is 10.0. The predicted molar refractivity (Wildman–Crippen MR) is 127 cm³/mol. The molecule has 0 spiro atoms. The highest BCUT2D eigenvalue weighted by molar-refractivity contribution is 14.0. The second-order valence-corrected chi connectivity index (χ2v) is 6.94. The topological polar surface area (TPSA) is 64.6 Å². The van der Waals surface area contributed by atoms with Crippen LogP contribution in [-0.2, 0) is 9.47 Å². The van der Waals surface area contributed by atoms with E-state index in [-0.39, 0.29) is 30.1 Å². The van der Waals surface area contributed by atoms with Crippen LogP contribution in [-0.4, -0.2) is 77.2 Å². The van der Waals surface area contributed by atoms with E-state index < -0.39 is 0 Å². The Bertz CT molecular complexity index is 578. The summed E-state index contributed by atoms with van der Waals surface area (Å²) in [6.45, 7) is 6.15. The molecule has 1 fully saturated rings. The summed E-state index contributed by atoms with van der Waals surface area (Å²) in [7, 11) is 5.20. The number of ether oxygens (including phenoxy) is 4. The number of rotatable bonds is 10. The smallest absolute Gasteiger partial charge is 0.193 e. The van der Waals surface area contributed by atoms with E-state index in [0.717, 1.165) is 63.0 Å². The van der Waals surface area contributed by atoms with Crippen molar-refractivity contribution in [3.8, 4) is 11.5 Å². The van der Waals surface area contributed by atoms with E-state index in [2.05, 4.69) is 15.2 Å². The lowest BCUT2D eigenvalue weighted by atomic mass is 10.1. The molecule has 1 aromatic rings. The minimum absolute atomic E-state index is 0. The third-order valence-electron chi connectivity index (χ3n) is 4.74. The van der Waals surface area contributed by atoms with Crippen LogP contribution in [0.4, 0.5) is 0 Å². The van der Waals surface area contributed by atoms with Gasteiger partial charge in [-0.25, -0.2) is 0 Å². The molecule has 166 valence electrons. The molecule has 1 saturated heterocycles. The Kier molecular flexibility index (Phi) is 13.0. The zero-order valence-electron chi connectivity index (χ0n) is 18.1. The minimum Gasteiger partial charge on any atom is -0.497 e. The number of nitrogens with one attached hydrogen (secondary N) is 1. The average molecular weight is 521 g/mol. The fourth-order valence-corrected chi connectivity index (χ4v) is 3.18. The third kappa shape index (κ3) is 9.39. The molecule has 0 aromatic heterocycles. The lowest BCUT2D eigenvalue weighted by Gasteiger charge is -2.34. The van der Waals surface area contributed by atoms with Crippen LogP contribution in [0.1, 0.15) is 26.2 Å². The van der Waals surface area contributed by atoms with Crippen LogP contribution in [0, 0.1) is 0 Å². The van der Waals surface area contributed by atoms with Gasteiger partial charge in [-0.3, -0.25) is 4.99 Å². The quantitative estimate of drug-likeness (QED) is 0.221. The number of hydrogen-bond donors (Lipinski definition) is 1. The molecule has 1 heterocycles. The van der Waals surface area contributed by atoms with E-state index in [9.17, 15) is 0 Å². The molecule has 1 N–H and O–H groups in total. The van der Waals surface area contributed by atoms with E-state index in [1.807, 2.05) is 38.2 Å². The lowest BCUT2D eigenvalue weighted by Crippen LogP contribution is -2.48. The maximum atomic E-state index is 5.96. The normalized spacial score (nSPS) is 16.1. The van der Waals surface area contributed by atoms with Gasteiger partial charge in [0, 0.05) is 40.5 Å². The van der Waals surface area contributed by atoms with E-state index in [1.165, 1.54) is 0 Å². The van der Waals surface area contributed by atoms with Crippen molar-refractivity contribution in [2.24, 2.45) is 4.99 Å². The molecule has 1 aliphatic heterocycles. The van der Waals surface area contributed by atoms with Crippen LogP contribution in [0.15, 0.2) is 29.3 Å². The number of methoxy groups -OCH3 is 2. The monoisotopic (exact) mass is 521 g/mol. The van der Waals surface area contributed by atoms with Gasteiger partial charge in [-0.15, -0.1) is 24.0 Å². The number of piperidine rings is 1. The zero-order chi connectivity index (χ0) is 20.2. The van der Waals surface area contributed by atoms with Crippen molar-refractivity contribution in [2.75, 3.05) is 54.1 Å². The Morgan fingerprint density at radius 1 is 1.14 bits per heavy atom. The van der Waals surface area contributed by atoms with Crippen LogP contribution in [0.25, 0.3) is 0 Å². The first kappa shape index (κ1) is 25.8. The molecule has 2 rings (SSSR count). The Labute approximate surface area is 192 Å². The molecule has 8 heteroatoms. The standard InChI is InChI=1S/C21H35N3O4.HI/c1-17(28-20-8-6-18(26-4)7-9-20)16-23-21(22-2)24-12-10-19(11-13-24)27-15-5-14-25-3;/h6-9,17,19H,5,10-16H2,1-4H3,(H,22,23);1H. The minimum atomic E-state index is 0. The average Bonchev–Trinajstić information content (AvgIpc) is 2.73. The highest BCUT2D eigenvalue weighted by atomic mass is 127. The molecular weight excluding hydrogens is 485 g/mol. The van der Waals surface area contributed by atoms with Crippen LogP contribution in [0.2, 0.25) is 0 Å². The van der Waals surface area contributed by atoms with Gasteiger partial charge in [0.05, 0.1) is 19.8 Å². The largest absolute Gasteiger partial charge is 0.497 e. The number of hydrogen-bond acceptors (Lipinski definition) is 5. The van der Waals surface area contributed by atoms with Gasteiger partial charge < -0.3 is 29.2 Å². The van der Waals surface area contributed by atoms with Gasteiger partial charge >= 0.3 is 0 Å². The van der Waals surface area contributed by atoms with E-state index in [1.54, 1.807) is 14.2 Å². The third-order valence-corrected chi connectivity index (χ3v) is 4.74. The van der Waals surface area contributed by atoms with E-state index >= 15 is 0 Å². The van der Waals surface area contributed by atoms with Gasteiger partial charge in [0.15, 0.2) is 5.96 Å². The predicted octanol–water partition coefficient (Wildman–Crippen LogP) is 3.17. The highest BCUT2D eigenvalue weighted by Crippen LogP contribution is 2.18. The molecule has 0 radical (unpaired) electrons. The van der Waals surface area contributed by atoms with E-state index in [0.29, 0.717) is 12.6 Å². The van der Waals surface area contributed by atoms with Crippen molar-refractivity contribution in [2.45, 2.75) is 38.4 Å². The molecular formula is C21H36IN3O4. The summed E-state index contributed by atoms with van der Waals surface area (Å²) in [6, 6.07) is 7.63. The molecule has 0 amide bonds. The number of likely N-dealkylation sites (tertiary alicyclic amines) is 1. The summed E-state index contributed by atoms with van der Waals surface area (Å²) in [5.41, 5.74) is 0. The molecule has 0 bridgehead atoms. The number of aliphatic imine (C=N–C) groups is 1. The SMILES string of the molecule is CN=C(NCC(C)Oc1ccc(OC)cc1)N1CCC(OCCCOC)CC1.I. The first-order chi connectivity index (χ1) is 13.7. The van der Waals surface area contributed by atoms with Crippen molar-refractivity contribution < 1.29 is 18.9 Å². The van der Waals surface area contributed by atoms with Crippen LogP contribution >= 0.6 is 24.0 Å². The van der Waals surface area contributed by atoms with Gasteiger partial charge in [-0.2, -0.15) is 0 Å². The molecule has 1 unspecified atom stereocenters. The first-order valence-electron chi connectivity index (χ1n) is 10.0. The second-order valence-electron chi connectivity index (χ2n) is 6.94. The highest BCUT2D eigenvalue weighted by Gasteiger charge is 2.22. The Morgan fingerprint density at radius 2 is 1.79 bits per heavy atom. The Morgan fingerprint density at radius 3 is 2.38 bits per heavy atom. The summed E-state index contributed by atoms with van der Waals surface area (Å²) in [4.78, 5) is 6.71. The van der Waals surface area contributed by atoms with Gasteiger partial charge in [0.1, 0.15) is 17.6 Å². The Hall–Kier alpha value is -1.26. The zero-order valence-corrected chi connectivity index (χ0v) is 20.4. The molecule has 1 aliphatic rings. The summed E-state index contributed by atoms with van der Waals surface area (Å²) < 4.78 is 22.1. The summed E-state index contributed by atoms with van der Waals surface area (Å²) in [5.74, 6) is 2.57. The van der Waals surface area contributed by atoms with E-state index in [4.69, 9.17) is 18.9 Å². The molecule has 1 atom stereocenters. The van der Waals surface area contributed by atoms with Crippen molar-refractivity contribution in [3.05, 3.63) is 24.3 Å². The van der Waals surface area contributed by atoms with Crippen molar-refractivity contribution in [1.29, 1.82) is 0 Å². The van der Waals surface area contributed by atoms with Crippen molar-refractivity contribution in [1.82, 2.24) is 10.2 Å². The van der Waals surface area contributed by atoms with Gasteiger partial charge in [-0.1, -0.05) is 0 Å². The van der Waals surface area contributed by atoms with Crippen LogP contribution in [0.3, 0.4) is 0 Å². The van der Waals surface area contributed by atoms with Crippen molar-refractivity contribution >= 4 is 29.9 Å². The fraction of sp³-hybridized carbons (Fsp3) is 0.667. The molecule has 0 aliphatic carbocycles.